The van der Waals surface area contributed by atoms with Gasteiger partial charge in [-0.2, -0.15) is 0 Å². The van der Waals surface area contributed by atoms with E-state index in [-0.39, 0.29) is 28.2 Å². The zero-order valence-electron chi connectivity index (χ0n) is 17.0. The van der Waals surface area contributed by atoms with Gasteiger partial charge in [-0.25, -0.2) is 4.39 Å². The molecule has 152 valence electrons. The Hall–Kier alpha value is -1.42. The highest BCUT2D eigenvalue weighted by Gasteiger charge is 2.65. The predicted octanol–water partition coefficient (Wildman–Crippen LogP) is 4.12. The fourth-order valence-corrected chi connectivity index (χ4v) is 7.70. The molecule has 1 amide bonds. The average molecular weight is 385 g/mol. The minimum Gasteiger partial charge on any atom is -0.350 e. The van der Waals surface area contributed by atoms with Gasteiger partial charge in [0, 0.05) is 6.54 Å². The summed E-state index contributed by atoms with van der Waals surface area (Å²) in [5, 5.41) is 6.27. The lowest BCUT2D eigenvalue weighted by molar-refractivity contribution is -0.164. The fourth-order valence-electron chi connectivity index (χ4n) is 7.70. The van der Waals surface area contributed by atoms with E-state index in [2.05, 4.69) is 47.9 Å². The van der Waals surface area contributed by atoms with Gasteiger partial charge in [-0.05, 0) is 73.8 Å². The molecule has 5 unspecified atom stereocenters. The molecular formula is C24H33FN2O. The number of piperidine rings is 1. The van der Waals surface area contributed by atoms with Crippen LogP contribution in [0, 0.1) is 16.7 Å². The number of nitrogens with one attached hydrogen (secondary N) is 2. The van der Waals surface area contributed by atoms with Crippen molar-refractivity contribution in [2.45, 2.75) is 75.9 Å². The summed E-state index contributed by atoms with van der Waals surface area (Å²) in [7, 11) is 0. The third-order valence-corrected chi connectivity index (χ3v) is 8.53. The van der Waals surface area contributed by atoms with Crippen LogP contribution in [0.2, 0.25) is 0 Å². The molecule has 5 aliphatic rings. The van der Waals surface area contributed by atoms with Gasteiger partial charge >= 0.3 is 0 Å². The number of hydrogen-bond donors (Lipinski definition) is 2. The number of carbonyl (C=O) groups excluding carboxylic acids is 1. The summed E-state index contributed by atoms with van der Waals surface area (Å²) in [6.45, 7) is 3.45. The molecule has 6 rings (SSSR count). The minimum absolute atomic E-state index is 0.122. The van der Waals surface area contributed by atoms with Crippen molar-refractivity contribution in [3.8, 4) is 0 Å². The van der Waals surface area contributed by atoms with Gasteiger partial charge in [0.15, 0.2) is 0 Å². The molecule has 1 heterocycles. The lowest BCUT2D eigenvalue weighted by Crippen LogP contribution is -2.64. The van der Waals surface area contributed by atoms with Crippen molar-refractivity contribution in [2.75, 3.05) is 13.1 Å². The van der Waals surface area contributed by atoms with Crippen molar-refractivity contribution in [3.63, 3.8) is 0 Å². The van der Waals surface area contributed by atoms with Crippen LogP contribution in [0.5, 0.6) is 0 Å². The second-order valence-corrected chi connectivity index (χ2v) is 10.4. The Morgan fingerprint density at radius 3 is 2.75 bits per heavy atom. The van der Waals surface area contributed by atoms with E-state index in [9.17, 15) is 9.18 Å². The minimum atomic E-state index is -0.977. The average Bonchev–Trinajstić information content (AvgIpc) is 2.69. The fraction of sp³-hybridized carbons (Fsp3) is 0.708. The van der Waals surface area contributed by atoms with Crippen LogP contribution in [0.15, 0.2) is 30.3 Å². The molecule has 2 N–H and O–H groups in total. The maximum atomic E-state index is 14.4. The molecule has 5 fully saturated rings. The van der Waals surface area contributed by atoms with Crippen LogP contribution in [0.3, 0.4) is 0 Å². The number of carbonyl (C=O) groups is 1. The van der Waals surface area contributed by atoms with Gasteiger partial charge in [-0.15, -0.1) is 0 Å². The summed E-state index contributed by atoms with van der Waals surface area (Å²) in [5.74, 6) is 0.764. The van der Waals surface area contributed by atoms with Gasteiger partial charge in [0.05, 0.1) is 11.5 Å². The maximum absolute atomic E-state index is 14.4. The van der Waals surface area contributed by atoms with E-state index < -0.39 is 6.17 Å². The lowest BCUT2D eigenvalue weighted by atomic mass is 9.38. The molecule has 4 heteroatoms. The standard InChI is InChI=1S/C24H33FN2O/c1-2-22-10-17-11-23(14-22,18-6-4-3-5-7-18)16-24(12-17,15-22)21(28)27-20-8-9-26-13-19(20)25/h3-7,17,19-20,26H,2,8-16H2,1H3,(H,27,28)/t17?,19-,20?,22?,23?,24?/m0/s1. The van der Waals surface area contributed by atoms with Crippen LogP contribution < -0.4 is 10.6 Å². The number of hydrogen-bond acceptors (Lipinski definition) is 2. The van der Waals surface area contributed by atoms with Crippen LogP contribution in [0.4, 0.5) is 4.39 Å². The van der Waals surface area contributed by atoms with Crippen LogP contribution in [-0.2, 0) is 10.2 Å². The van der Waals surface area contributed by atoms with Crippen LogP contribution >= 0.6 is 0 Å². The molecule has 3 nitrogen and oxygen atoms in total. The van der Waals surface area contributed by atoms with Crippen LogP contribution in [0.25, 0.3) is 0 Å². The summed E-state index contributed by atoms with van der Waals surface area (Å²) >= 11 is 0. The molecule has 0 radical (unpaired) electrons. The molecule has 0 aromatic heterocycles. The Bertz CT molecular complexity index is 754. The highest BCUT2D eigenvalue weighted by Crippen LogP contribution is 2.71. The quantitative estimate of drug-likeness (QED) is 0.820. The molecule has 4 aliphatic carbocycles. The predicted molar refractivity (Wildman–Crippen MR) is 109 cm³/mol. The van der Waals surface area contributed by atoms with Gasteiger partial charge in [-0.1, -0.05) is 43.7 Å². The number of alkyl halides is 1. The summed E-state index contributed by atoms with van der Waals surface area (Å²) in [6.07, 6.45) is 7.49. The Balaban J connectivity index is 1.48. The molecule has 1 saturated heterocycles. The van der Waals surface area contributed by atoms with Crippen molar-refractivity contribution in [2.24, 2.45) is 16.7 Å². The van der Waals surface area contributed by atoms with E-state index in [0.29, 0.717) is 18.9 Å². The van der Waals surface area contributed by atoms with E-state index in [1.165, 1.54) is 24.8 Å². The van der Waals surface area contributed by atoms with E-state index in [0.717, 1.165) is 32.2 Å². The van der Waals surface area contributed by atoms with E-state index >= 15 is 0 Å². The lowest BCUT2D eigenvalue weighted by Gasteiger charge is -2.66. The topological polar surface area (TPSA) is 41.1 Å². The van der Waals surface area contributed by atoms with Crippen molar-refractivity contribution < 1.29 is 9.18 Å². The van der Waals surface area contributed by atoms with Gasteiger partial charge < -0.3 is 10.6 Å². The Morgan fingerprint density at radius 2 is 2.00 bits per heavy atom. The van der Waals surface area contributed by atoms with Gasteiger partial charge in [0.1, 0.15) is 6.17 Å². The Labute approximate surface area is 167 Å². The second-order valence-electron chi connectivity index (χ2n) is 10.4. The first-order valence-corrected chi connectivity index (χ1v) is 11.2. The third kappa shape index (κ3) is 2.82. The van der Waals surface area contributed by atoms with Gasteiger partial charge in [0.25, 0.3) is 0 Å². The zero-order chi connectivity index (χ0) is 19.4. The molecule has 4 saturated carbocycles. The molecule has 1 aromatic carbocycles. The normalized spacial score (nSPS) is 44.4. The third-order valence-electron chi connectivity index (χ3n) is 8.53. The Kier molecular flexibility index (Phi) is 4.35. The monoisotopic (exact) mass is 384 g/mol. The summed E-state index contributed by atoms with van der Waals surface area (Å²) in [4.78, 5) is 13.6. The molecule has 4 bridgehead atoms. The molecule has 28 heavy (non-hydrogen) atoms. The largest absolute Gasteiger partial charge is 0.350 e. The van der Waals surface area contributed by atoms with E-state index in [1.807, 2.05) is 0 Å². The van der Waals surface area contributed by atoms with Crippen molar-refractivity contribution in [3.05, 3.63) is 35.9 Å². The number of halogens is 1. The first-order chi connectivity index (χ1) is 13.5. The van der Waals surface area contributed by atoms with Gasteiger partial charge in [0.2, 0.25) is 5.91 Å². The van der Waals surface area contributed by atoms with Gasteiger partial charge in [-0.3, -0.25) is 4.79 Å². The molecule has 1 aliphatic heterocycles. The SMILES string of the molecule is CCC12CC3CC(C(=O)NC4CCNC[C@@H]4F)(C1)CC(c1ccccc1)(C3)C2. The highest BCUT2D eigenvalue weighted by molar-refractivity contribution is 5.84. The molecule has 0 spiro atoms. The summed E-state index contributed by atoms with van der Waals surface area (Å²) in [5.41, 5.74) is 1.50. The maximum Gasteiger partial charge on any atom is 0.226 e. The van der Waals surface area contributed by atoms with E-state index in [1.54, 1.807) is 0 Å². The van der Waals surface area contributed by atoms with E-state index in [4.69, 9.17) is 0 Å². The molecule has 1 aromatic rings. The number of amides is 1. The second kappa shape index (κ2) is 6.55. The Morgan fingerprint density at radius 1 is 1.18 bits per heavy atom. The summed E-state index contributed by atoms with van der Waals surface area (Å²) in [6, 6.07) is 10.6. The highest BCUT2D eigenvalue weighted by atomic mass is 19.1. The number of rotatable bonds is 4. The first kappa shape index (κ1) is 18.6. The first-order valence-electron chi connectivity index (χ1n) is 11.2. The van der Waals surface area contributed by atoms with Crippen molar-refractivity contribution in [1.82, 2.24) is 10.6 Å². The van der Waals surface area contributed by atoms with Crippen molar-refractivity contribution in [1.29, 1.82) is 0 Å². The van der Waals surface area contributed by atoms with Crippen LogP contribution in [0.1, 0.15) is 63.9 Å². The van der Waals surface area contributed by atoms with Crippen molar-refractivity contribution >= 4 is 5.91 Å². The molecule has 6 atom stereocenters. The number of benzene rings is 1. The van der Waals surface area contributed by atoms with Crippen LogP contribution in [-0.4, -0.2) is 31.2 Å². The molecular weight excluding hydrogens is 351 g/mol. The zero-order valence-corrected chi connectivity index (χ0v) is 17.0. The smallest absolute Gasteiger partial charge is 0.226 e. The summed E-state index contributed by atoms with van der Waals surface area (Å²) < 4.78 is 14.4.